The van der Waals surface area contributed by atoms with Gasteiger partial charge in [-0.05, 0) is 12.8 Å². The largest absolute Gasteiger partial charge is 0.481 e. The van der Waals surface area contributed by atoms with Crippen LogP contribution in [0.25, 0.3) is 0 Å². The summed E-state index contributed by atoms with van der Waals surface area (Å²) in [7, 11) is 0. The maximum absolute atomic E-state index is 12.5. The highest BCUT2D eigenvalue weighted by Crippen LogP contribution is 2.20. The van der Waals surface area contributed by atoms with Crippen molar-refractivity contribution in [3.8, 4) is 0 Å². The smallest absolute Gasteiger partial charge is 0.309 e. The first-order valence-electron chi connectivity index (χ1n) is 7.98. The van der Waals surface area contributed by atoms with Crippen LogP contribution < -0.4 is 0 Å². The lowest BCUT2D eigenvalue weighted by Crippen LogP contribution is -2.43. The van der Waals surface area contributed by atoms with E-state index in [1.165, 1.54) is 6.20 Å². The molecule has 3 rings (SSSR count). The van der Waals surface area contributed by atoms with Gasteiger partial charge >= 0.3 is 5.97 Å². The number of rotatable bonds is 3. The summed E-state index contributed by atoms with van der Waals surface area (Å²) >= 11 is 0. The van der Waals surface area contributed by atoms with Crippen LogP contribution in [0.15, 0.2) is 12.4 Å². The van der Waals surface area contributed by atoms with Gasteiger partial charge in [-0.2, -0.15) is 5.10 Å². The number of aromatic nitrogens is 2. The van der Waals surface area contributed by atoms with Crippen molar-refractivity contribution in [1.82, 2.24) is 20.0 Å². The lowest BCUT2D eigenvalue weighted by molar-refractivity contribution is -0.142. The molecule has 1 aromatic rings. The van der Waals surface area contributed by atoms with E-state index in [4.69, 9.17) is 4.74 Å². The van der Waals surface area contributed by atoms with E-state index in [0.717, 1.165) is 26.1 Å². The molecule has 1 amide bonds. The number of carbonyl (C=O) groups excluding carboxylic acids is 1. The monoisotopic (exact) mass is 322 g/mol. The van der Waals surface area contributed by atoms with Gasteiger partial charge in [-0.15, -0.1) is 0 Å². The Labute approximate surface area is 134 Å². The molecule has 8 heteroatoms. The van der Waals surface area contributed by atoms with Crippen molar-refractivity contribution in [1.29, 1.82) is 0 Å². The Hall–Kier alpha value is -1.93. The number of carboxylic acids is 1. The van der Waals surface area contributed by atoms with Gasteiger partial charge in [0.1, 0.15) is 0 Å². The molecule has 0 aliphatic carbocycles. The summed E-state index contributed by atoms with van der Waals surface area (Å²) in [5.74, 6) is -1.59. The molecule has 23 heavy (non-hydrogen) atoms. The lowest BCUT2D eigenvalue weighted by Gasteiger charge is -2.34. The minimum Gasteiger partial charge on any atom is -0.481 e. The zero-order valence-electron chi connectivity index (χ0n) is 13.0. The van der Waals surface area contributed by atoms with Crippen molar-refractivity contribution < 1.29 is 19.4 Å². The number of hydrogen-bond donors (Lipinski definition) is 2. The van der Waals surface area contributed by atoms with E-state index < -0.39 is 11.9 Å². The van der Waals surface area contributed by atoms with Crippen molar-refractivity contribution in [2.24, 2.45) is 5.92 Å². The average molecular weight is 322 g/mol. The molecule has 2 N–H and O–H groups in total. The van der Waals surface area contributed by atoms with Crippen LogP contribution in [0.5, 0.6) is 0 Å². The number of carboxylic acid groups (broad SMARTS) is 1. The molecule has 1 atom stereocenters. The Balaban J connectivity index is 1.72. The standard InChI is InChI=1S/C15H22N4O4/c20-14(11-7-16-17-8-11)19-4-3-18(9-12(10-19)15(21)22)13-1-5-23-6-2-13/h7-8,12-13H,1-6,9-10H2,(H,16,17)(H,21,22)/t12-/m1/s1. The van der Waals surface area contributed by atoms with Crippen molar-refractivity contribution in [3.63, 3.8) is 0 Å². The van der Waals surface area contributed by atoms with Crippen molar-refractivity contribution in [2.45, 2.75) is 18.9 Å². The highest BCUT2D eigenvalue weighted by atomic mass is 16.5. The van der Waals surface area contributed by atoms with E-state index in [9.17, 15) is 14.7 Å². The normalized spacial score (nSPS) is 24.3. The highest BCUT2D eigenvalue weighted by molar-refractivity contribution is 5.94. The van der Waals surface area contributed by atoms with Crippen LogP contribution in [0.2, 0.25) is 0 Å². The Morgan fingerprint density at radius 2 is 2.04 bits per heavy atom. The molecule has 8 nitrogen and oxygen atoms in total. The molecule has 2 fully saturated rings. The van der Waals surface area contributed by atoms with Gasteiger partial charge in [-0.3, -0.25) is 19.6 Å². The number of nitrogens with one attached hydrogen (secondary N) is 1. The van der Waals surface area contributed by atoms with Gasteiger partial charge in [0, 0.05) is 51.6 Å². The van der Waals surface area contributed by atoms with E-state index in [1.54, 1.807) is 11.1 Å². The van der Waals surface area contributed by atoms with Crippen LogP contribution in [-0.4, -0.2) is 82.4 Å². The van der Waals surface area contributed by atoms with Crippen LogP contribution in [0.1, 0.15) is 23.2 Å². The summed E-state index contributed by atoms with van der Waals surface area (Å²) in [5, 5.41) is 15.9. The molecule has 0 aromatic carbocycles. The molecule has 0 unspecified atom stereocenters. The fourth-order valence-corrected chi connectivity index (χ4v) is 3.31. The van der Waals surface area contributed by atoms with Crippen LogP contribution in [0.4, 0.5) is 0 Å². The van der Waals surface area contributed by atoms with E-state index in [1.807, 2.05) is 0 Å². The summed E-state index contributed by atoms with van der Waals surface area (Å²) in [6.07, 6.45) is 4.85. The average Bonchev–Trinajstić information content (AvgIpc) is 3.00. The second-order valence-electron chi connectivity index (χ2n) is 6.11. The molecule has 126 valence electrons. The van der Waals surface area contributed by atoms with Crippen molar-refractivity contribution in [2.75, 3.05) is 39.4 Å². The second kappa shape index (κ2) is 7.10. The predicted molar refractivity (Wildman–Crippen MR) is 81.0 cm³/mol. The topological polar surface area (TPSA) is 98.8 Å². The Morgan fingerprint density at radius 3 is 2.70 bits per heavy atom. The Morgan fingerprint density at radius 1 is 1.26 bits per heavy atom. The number of ether oxygens (including phenoxy) is 1. The quantitative estimate of drug-likeness (QED) is 0.816. The number of nitrogens with zero attached hydrogens (tertiary/aromatic N) is 3. The van der Waals surface area contributed by atoms with E-state index >= 15 is 0 Å². The third kappa shape index (κ3) is 3.70. The van der Waals surface area contributed by atoms with Crippen LogP contribution in [0, 0.1) is 5.92 Å². The molecule has 2 aliphatic heterocycles. The van der Waals surface area contributed by atoms with E-state index in [-0.39, 0.29) is 12.5 Å². The predicted octanol–water partition coefficient (Wildman–Crippen LogP) is 0.0473. The van der Waals surface area contributed by atoms with E-state index in [2.05, 4.69) is 15.1 Å². The number of H-pyrrole nitrogens is 1. The summed E-state index contributed by atoms with van der Waals surface area (Å²) in [6, 6.07) is 0.342. The number of carbonyl (C=O) groups is 2. The first kappa shape index (κ1) is 15.9. The SMILES string of the molecule is O=C(O)[C@H]1CN(C(=O)c2cn[nH]c2)CCN(C2CCOCC2)C1. The first-order chi connectivity index (χ1) is 11.1. The first-order valence-corrected chi connectivity index (χ1v) is 7.98. The zero-order valence-corrected chi connectivity index (χ0v) is 13.0. The van der Waals surface area contributed by atoms with E-state index in [0.29, 0.717) is 31.2 Å². The van der Waals surface area contributed by atoms with Crippen molar-refractivity contribution in [3.05, 3.63) is 18.0 Å². The van der Waals surface area contributed by atoms with Crippen LogP contribution in [0.3, 0.4) is 0 Å². The molecular formula is C15H22N4O4. The van der Waals surface area contributed by atoms with Gasteiger partial charge in [0.15, 0.2) is 0 Å². The molecule has 0 bridgehead atoms. The number of hydrogen-bond acceptors (Lipinski definition) is 5. The van der Waals surface area contributed by atoms with Gasteiger partial charge in [0.2, 0.25) is 0 Å². The summed E-state index contributed by atoms with van der Waals surface area (Å²) in [4.78, 5) is 27.9. The van der Waals surface area contributed by atoms with Gasteiger partial charge in [-0.25, -0.2) is 0 Å². The molecule has 2 saturated heterocycles. The van der Waals surface area contributed by atoms with Crippen molar-refractivity contribution >= 4 is 11.9 Å². The lowest BCUT2D eigenvalue weighted by atomic mass is 10.0. The minimum absolute atomic E-state index is 0.168. The molecule has 0 spiro atoms. The minimum atomic E-state index is -0.853. The van der Waals surface area contributed by atoms with Crippen LogP contribution in [-0.2, 0) is 9.53 Å². The molecule has 2 aliphatic rings. The van der Waals surface area contributed by atoms with Gasteiger partial charge < -0.3 is 14.7 Å². The van der Waals surface area contributed by atoms with Gasteiger partial charge in [0.25, 0.3) is 5.91 Å². The molecule has 3 heterocycles. The van der Waals surface area contributed by atoms with Gasteiger partial charge in [-0.1, -0.05) is 0 Å². The Kier molecular flexibility index (Phi) is 4.92. The van der Waals surface area contributed by atoms with Gasteiger partial charge in [0.05, 0.1) is 17.7 Å². The second-order valence-corrected chi connectivity index (χ2v) is 6.11. The fraction of sp³-hybridized carbons (Fsp3) is 0.667. The molecule has 0 saturated carbocycles. The fourth-order valence-electron chi connectivity index (χ4n) is 3.31. The number of amides is 1. The molecule has 1 aromatic heterocycles. The molecular weight excluding hydrogens is 300 g/mol. The summed E-state index contributed by atoms with van der Waals surface area (Å²) < 4.78 is 5.39. The maximum atomic E-state index is 12.5. The van der Waals surface area contributed by atoms with Crippen LogP contribution >= 0.6 is 0 Å². The summed E-state index contributed by atoms with van der Waals surface area (Å²) in [6.45, 7) is 3.38. The maximum Gasteiger partial charge on any atom is 0.309 e. The third-order valence-electron chi connectivity index (χ3n) is 4.64. The summed E-state index contributed by atoms with van der Waals surface area (Å²) in [5.41, 5.74) is 0.466. The molecule has 0 radical (unpaired) electrons. The number of aliphatic carboxylic acids is 1. The number of aromatic amines is 1. The zero-order chi connectivity index (χ0) is 16.2. The Bertz CT molecular complexity index is 542. The third-order valence-corrected chi connectivity index (χ3v) is 4.64. The highest BCUT2D eigenvalue weighted by Gasteiger charge is 2.33.